The van der Waals surface area contributed by atoms with Crippen LogP contribution in [0.5, 0.6) is 0 Å². The summed E-state index contributed by atoms with van der Waals surface area (Å²) in [7, 11) is 0. The molecule has 5 rings (SSSR count). The van der Waals surface area contributed by atoms with Gasteiger partial charge in [-0.1, -0.05) is 94.8 Å². The summed E-state index contributed by atoms with van der Waals surface area (Å²) in [6, 6.07) is 12.8. The van der Waals surface area contributed by atoms with E-state index in [1.807, 2.05) is 38.2 Å². The second-order valence-corrected chi connectivity index (χ2v) is 6.96. The number of aromatic amines is 2. The molecule has 0 radical (unpaired) electrons. The van der Waals surface area contributed by atoms with Crippen molar-refractivity contribution in [3.8, 4) is 0 Å². The van der Waals surface area contributed by atoms with Crippen molar-refractivity contribution in [1.82, 2.24) is 9.97 Å². The van der Waals surface area contributed by atoms with Crippen LogP contribution in [-0.2, 0) is 0 Å². The van der Waals surface area contributed by atoms with Crippen LogP contribution in [0.25, 0.3) is 67.9 Å². The van der Waals surface area contributed by atoms with Gasteiger partial charge >= 0.3 is 0 Å². The Bertz CT molecular complexity index is 1470. The highest BCUT2D eigenvalue weighted by atomic mass is 14.7. The van der Waals surface area contributed by atoms with Crippen molar-refractivity contribution >= 4 is 67.9 Å². The number of aromatic nitrogens is 2. The Morgan fingerprint density at radius 3 is 1.63 bits per heavy atom. The van der Waals surface area contributed by atoms with Crippen LogP contribution < -0.4 is 0 Å². The molecule has 148 valence electrons. The number of nitrogens with one attached hydrogen (secondary N) is 2. The average Bonchev–Trinajstić information content (AvgIpc) is 3.36. The van der Waals surface area contributed by atoms with Gasteiger partial charge in [0.1, 0.15) is 0 Å². The second kappa shape index (κ2) is 7.57. The summed E-state index contributed by atoms with van der Waals surface area (Å²) in [4.78, 5) is 7.26. The van der Waals surface area contributed by atoms with Gasteiger partial charge in [-0.3, -0.25) is 0 Å². The van der Waals surface area contributed by atoms with Crippen LogP contribution in [0.15, 0.2) is 62.7 Å². The van der Waals surface area contributed by atoms with E-state index in [0.29, 0.717) is 0 Å². The fourth-order valence-corrected chi connectivity index (χ4v) is 4.37. The molecule has 30 heavy (non-hydrogen) atoms. The Balaban J connectivity index is 0.00000106. The van der Waals surface area contributed by atoms with Crippen molar-refractivity contribution in [1.29, 1.82) is 0 Å². The lowest BCUT2D eigenvalue weighted by molar-refractivity contribution is 1.50. The van der Waals surface area contributed by atoms with E-state index in [1.54, 1.807) is 0 Å². The van der Waals surface area contributed by atoms with E-state index in [2.05, 4.69) is 72.7 Å². The summed E-state index contributed by atoms with van der Waals surface area (Å²) in [6.07, 6.45) is 7.53. The number of rotatable bonds is 4. The molecule has 0 unspecified atom stereocenters. The van der Waals surface area contributed by atoms with Crippen LogP contribution in [0.2, 0.25) is 0 Å². The van der Waals surface area contributed by atoms with Gasteiger partial charge in [-0.05, 0) is 17.2 Å². The molecule has 0 aliphatic heterocycles. The molecule has 0 saturated carbocycles. The van der Waals surface area contributed by atoms with Crippen molar-refractivity contribution in [3.63, 3.8) is 0 Å². The molecule has 2 heteroatoms. The maximum atomic E-state index is 4.01. The van der Waals surface area contributed by atoms with Gasteiger partial charge in [-0.15, -0.1) is 0 Å². The zero-order chi connectivity index (χ0) is 21.4. The molecule has 0 amide bonds. The summed E-state index contributed by atoms with van der Waals surface area (Å²) in [6.45, 7) is 19.9. The Morgan fingerprint density at radius 1 is 0.567 bits per heavy atom. The Morgan fingerprint density at radius 2 is 1.07 bits per heavy atom. The van der Waals surface area contributed by atoms with Crippen molar-refractivity contribution in [2.75, 3.05) is 0 Å². The molecule has 5 aromatic rings. The van der Waals surface area contributed by atoms with Crippen LogP contribution in [0, 0.1) is 0 Å². The zero-order valence-corrected chi connectivity index (χ0v) is 17.6. The minimum Gasteiger partial charge on any atom is -0.354 e. The topological polar surface area (TPSA) is 31.6 Å². The molecule has 0 spiro atoms. The third kappa shape index (κ3) is 2.57. The summed E-state index contributed by atoms with van der Waals surface area (Å²) < 4.78 is 0. The van der Waals surface area contributed by atoms with E-state index in [1.165, 1.54) is 21.5 Å². The first-order valence-corrected chi connectivity index (χ1v) is 10.3. The van der Waals surface area contributed by atoms with Crippen LogP contribution in [0.3, 0.4) is 0 Å². The predicted octanol–water partition coefficient (Wildman–Crippen LogP) is 8.55. The van der Waals surface area contributed by atoms with Gasteiger partial charge in [0, 0.05) is 38.2 Å². The van der Waals surface area contributed by atoms with Crippen LogP contribution in [-0.4, -0.2) is 9.97 Å². The van der Waals surface area contributed by atoms with Gasteiger partial charge in [0.25, 0.3) is 0 Å². The average molecular weight is 391 g/mol. The van der Waals surface area contributed by atoms with Gasteiger partial charge in [-0.25, -0.2) is 0 Å². The number of hydrogen-bond acceptors (Lipinski definition) is 0. The molecule has 2 heterocycles. The molecule has 2 N–H and O–H groups in total. The molecule has 2 nitrogen and oxygen atoms in total. The zero-order valence-electron chi connectivity index (χ0n) is 17.6. The van der Waals surface area contributed by atoms with Crippen molar-refractivity contribution in [3.05, 3.63) is 85.0 Å². The van der Waals surface area contributed by atoms with E-state index in [4.69, 9.17) is 0 Å². The fraction of sp³-hybridized carbons (Fsp3) is 0.0714. The molecule has 0 fully saturated rings. The minimum atomic E-state index is 1.08. The highest BCUT2D eigenvalue weighted by Crippen LogP contribution is 2.39. The molecule has 0 atom stereocenters. The lowest BCUT2D eigenvalue weighted by atomic mass is 10.0. The Kier molecular flexibility index (Phi) is 4.93. The summed E-state index contributed by atoms with van der Waals surface area (Å²) in [5.74, 6) is 0. The van der Waals surface area contributed by atoms with E-state index < -0.39 is 0 Å². The molecule has 0 aliphatic rings. The summed E-state index contributed by atoms with van der Waals surface area (Å²) >= 11 is 0. The van der Waals surface area contributed by atoms with E-state index in [9.17, 15) is 0 Å². The second-order valence-electron chi connectivity index (χ2n) is 6.96. The highest BCUT2D eigenvalue weighted by molar-refractivity contribution is 6.25. The maximum absolute atomic E-state index is 4.01. The number of benzene rings is 3. The minimum absolute atomic E-state index is 1.08. The van der Waals surface area contributed by atoms with Crippen molar-refractivity contribution < 1.29 is 0 Å². The first kappa shape index (κ1) is 19.5. The third-order valence-electron chi connectivity index (χ3n) is 5.68. The first-order chi connectivity index (χ1) is 14.7. The predicted molar refractivity (Wildman–Crippen MR) is 137 cm³/mol. The molecule has 0 bridgehead atoms. The largest absolute Gasteiger partial charge is 0.354 e. The number of hydrogen-bond donors (Lipinski definition) is 2. The summed E-state index contributed by atoms with van der Waals surface area (Å²) in [5.41, 5.74) is 8.72. The van der Waals surface area contributed by atoms with Gasteiger partial charge in [-0.2, -0.15) is 0 Å². The van der Waals surface area contributed by atoms with E-state index in [-0.39, 0.29) is 0 Å². The van der Waals surface area contributed by atoms with E-state index >= 15 is 0 Å². The Hall–Kier alpha value is -3.78. The number of fused-ring (bicyclic) bond motifs is 7. The monoisotopic (exact) mass is 390 g/mol. The fourth-order valence-electron chi connectivity index (χ4n) is 4.37. The molecular formula is C28H26N2. The van der Waals surface area contributed by atoms with Crippen LogP contribution in [0.1, 0.15) is 36.1 Å². The van der Waals surface area contributed by atoms with Crippen molar-refractivity contribution in [2.45, 2.75) is 13.8 Å². The SMILES string of the molecule is C=Cc1ccc2c([nH]c3c2ccc2[nH]c4c(C=C)c(C=C)ccc4c23)c1C=C.CC. The van der Waals surface area contributed by atoms with Crippen LogP contribution in [0.4, 0.5) is 0 Å². The molecule has 2 aromatic heterocycles. The van der Waals surface area contributed by atoms with Gasteiger partial charge in [0.05, 0.1) is 16.6 Å². The Labute approximate surface area is 176 Å². The molecular weight excluding hydrogens is 364 g/mol. The summed E-state index contributed by atoms with van der Waals surface area (Å²) in [5, 5.41) is 4.77. The smallest absolute Gasteiger partial charge is 0.0566 e. The van der Waals surface area contributed by atoms with Crippen LogP contribution >= 0.6 is 0 Å². The first-order valence-electron chi connectivity index (χ1n) is 10.3. The molecule has 0 saturated heterocycles. The molecule has 3 aromatic carbocycles. The van der Waals surface area contributed by atoms with Gasteiger partial charge in [0.15, 0.2) is 0 Å². The van der Waals surface area contributed by atoms with Gasteiger partial charge < -0.3 is 9.97 Å². The maximum Gasteiger partial charge on any atom is 0.0566 e. The molecule has 0 aliphatic carbocycles. The lowest BCUT2D eigenvalue weighted by Crippen LogP contribution is -1.82. The number of H-pyrrole nitrogens is 2. The lowest BCUT2D eigenvalue weighted by Gasteiger charge is -2.02. The van der Waals surface area contributed by atoms with Gasteiger partial charge in [0.2, 0.25) is 0 Å². The standard InChI is InChI=1S/C26H20N2.C2H6/c1-5-15-9-11-19-20-13-14-22-23(26(20)28-24(19)17(15)7-3)21-12-10-16(6-2)18(8-4)25(21)27-22;1-2/h5-14,27-28H,1-4H2;1-2H3. The quantitative estimate of drug-likeness (QED) is 0.308. The van der Waals surface area contributed by atoms with Crippen molar-refractivity contribution in [2.24, 2.45) is 0 Å². The van der Waals surface area contributed by atoms with E-state index in [0.717, 1.165) is 44.3 Å². The third-order valence-corrected chi connectivity index (χ3v) is 5.68. The highest BCUT2D eigenvalue weighted by Gasteiger charge is 2.16. The normalized spacial score (nSPS) is 10.9.